The maximum atomic E-state index is 2.65. The summed E-state index contributed by atoms with van der Waals surface area (Å²) in [6.45, 7) is 16.2. The van der Waals surface area contributed by atoms with E-state index in [2.05, 4.69) is 86.0 Å². The van der Waals surface area contributed by atoms with Crippen molar-refractivity contribution in [3.05, 3.63) is 59.7 Å². The molecule has 0 aliphatic carbocycles. The monoisotopic (exact) mass is 520 g/mol. The maximum absolute atomic E-state index is 2.65. The Morgan fingerprint density at radius 1 is 0.368 bits per heavy atom. The number of hydrogen-bond donors (Lipinski definition) is 0. The zero-order valence-electron chi connectivity index (χ0n) is 25.7. The van der Waals surface area contributed by atoms with Gasteiger partial charge < -0.3 is 0 Å². The third-order valence-electron chi connectivity index (χ3n) is 7.79. The molecule has 0 heterocycles. The fourth-order valence-corrected chi connectivity index (χ4v) is 5.53. The van der Waals surface area contributed by atoms with Crippen LogP contribution in [0.15, 0.2) is 48.5 Å². The second-order valence-electron chi connectivity index (χ2n) is 11.5. The van der Waals surface area contributed by atoms with Gasteiger partial charge >= 0.3 is 0 Å². The molecule has 0 aromatic heterocycles. The maximum Gasteiger partial charge on any atom is 0.0233 e. The molecule has 0 saturated heterocycles. The third-order valence-corrected chi connectivity index (χ3v) is 7.79. The lowest BCUT2D eigenvalue weighted by Crippen LogP contribution is -2.25. The number of hydrogen-bond acceptors (Lipinski definition) is 2. The molecule has 0 aliphatic heterocycles. The lowest BCUT2D eigenvalue weighted by Gasteiger charge is -2.22. The van der Waals surface area contributed by atoms with E-state index in [9.17, 15) is 0 Å². The van der Waals surface area contributed by atoms with Crippen LogP contribution in [0, 0.1) is 0 Å². The molecular weight excluding hydrogens is 460 g/mol. The molecule has 0 bridgehead atoms. The minimum Gasteiger partial charge on any atom is -0.299 e. The first-order chi connectivity index (χ1) is 18.7. The Morgan fingerprint density at radius 2 is 0.711 bits per heavy atom. The molecular formula is C36H60N2. The molecule has 0 N–H and O–H groups in total. The van der Waals surface area contributed by atoms with Crippen LogP contribution >= 0.6 is 0 Å². The highest BCUT2D eigenvalue weighted by molar-refractivity contribution is 5.63. The first-order valence-corrected chi connectivity index (χ1v) is 16.3. The molecule has 2 nitrogen and oxygen atoms in total. The van der Waals surface area contributed by atoms with E-state index >= 15 is 0 Å². The highest BCUT2D eigenvalue weighted by atomic mass is 15.1. The van der Waals surface area contributed by atoms with Gasteiger partial charge in [-0.1, -0.05) is 140 Å². The fourth-order valence-electron chi connectivity index (χ4n) is 5.53. The molecule has 0 aliphatic rings. The van der Waals surface area contributed by atoms with Gasteiger partial charge in [-0.15, -0.1) is 0 Å². The van der Waals surface area contributed by atoms with Gasteiger partial charge in [-0.25, -0.2) is 0 Å². The molecule has 2 aromatic rings. The fraction of sp³-hybridized carbons (Fsp3) is 0.667. The molecule has 0 spiro atoms. The summed E-state index contributed by atoms with van der Waals surface area (Å²) in [4.78, 5) is 5.30. The van der Waals surface area contributed by atoms with E-state index in [-0.39, 0.29) is 0 Å². The number of benzene rings is 2. The molecule has 2 rings (SSSR count). The van der Waals surface area contributed by atoms with Gasteiger partial charge in [0.15, 0.2) is 0 Å². The average molecular weight is 521 g/mol. The molecule has 214 valence electrons. The van der Waals surface area contributed by atoms with Crippen LogP contribution in [0.3, 0.4) is 0 Å². The zero-order chi connectivity index (χ0) is 27.3. The molecule has 0 saturated carbocycles. The van der Waals surface area contributed by atoms with Crippen molar-refractivity contribution in [2.45, 2.75) is 131 Å². The second-order valence-corrected chi connectivity index (χ2v) is 11.5. The zero-order valence-corrected chi connectivity index (χ0v) is 25.7. The van der Waals surface area contributed by atoms with Gasteiger partial charge in [0.2, 0.25) is 0 Å². The van der Waals surface area contributed by atoms with E-state index in [0.29, 0.717) is 0 Å². The Kier molecular flexibility index (Phi) is 18.2. The Bertz CT molecular complexity index is 726. The summed E-state index contributed by atoms with van der Waals surface area (Å²) in [5.74, 6) is 0. The topological polar surface area (TPSA) is 6.48 Å². The number of nitrogens with zero attached hydrogens (tertiary/aromatic N) is 2. The van der Waals surface area contributed by atoms with Crippen LogP contribution in [-0.4, -0.2) is 36.0 Å². The van der Waals surface area contributed by atoms with Crippen molar-refractivity contribution < 1.29 is 0 Å². The average Bonchev–Trinajstić information content (AvgIpc) is 2.93. The first-order valence-electron chi connectivity index (χ1n) is 16.3. The summed E-state index contributed by atoms with van der Waals surface area (Å²) in [5, 5.41) is 0. The van der Waals surface area contributed by atoms with Crippen molar-refractivity contribution in [1.29, 1.82) is 0 Å². The van der Waals surface area contributed by atoms with Crippen molar-refractivity contribution in [3.8, 4) is 11.1 Å². The largest absolute Gasteiger partial charge is 0.299 e. The smallest absolute Gasteiger partial charge is 0.0233 e. The SMILES string of the molecule is CCCCCCCCN(CCC)Cc1ccc(-c2ccc(CN(CCC)CCCCCCCC)cc2)cc1. The molecule has 0 unspecified atom stereocenters. The van der Waals surface area contributed by atoms with E-state index < -0.39 is 0 Å². The van der Waals surface area contributed by atoms with Crippen LogP contribution in [0.1, 0.15) is 129 Å². The highest BCUT2D eigenvalue weighted by Crippen LogP contribution is 2.22. The molecule has 0 fully saturated rings. The van der Waals surface area contributed by atoms with Gasteiger partial charge in [-0.3, -0.25) is 9.80 Å². The van der Waals surface area contributed by atoms with Crippen LogP contribution in [0.5, 0.6) is 0 Å². The third kappa shape index (κ3) is 13.9. The second kappa shape index (κ2) is 21.2. The Hall–Kier alpha value is -1.64. The van der Waals surface area contributed by atoms with Crippen molar-refractivity contribution in [1.82, 2.24) is 9.80 Å². The van der Waals surface area contributed by atoms with Gasteiger partial charge in [0.25, 0.3) is 0 Å². The Labute approximate surface area is 237 Å². The van der Waals surface area contributed by atoms with Crippen molar-refractivity contribution in [2.75, 3.05) is 26.2 Å². The summed E-state index contributed by atoms with van der Waals surface area (Å²) >= 11 is 0. The first kappa shape index (κ1) is 32.6. The molecule has 0 radical (unpaired) electrons. The Balaban J connectivity index is 1.83. The molecule has 2 heteroatoms. The number of unbranched alkanes of at least 4 members (excludes halogenated alkanes) is 10. The van der Waals surface area contributed by atoms with E-state index in [1.54, 1.807) is 0 Å². The lowest BCUT2D eigenvalue weighted by molar-refractivity contribution is 0.259. The molecule has 2 aromatic carbocycles. The summed E-state index contributed by atoms with van der Waals surface area (Å²) < 4.78 is 0. The highest BCUT2D eigenvalue weighted by Gasteiger charge is 2.08. The van der Waals surface area contributed by atoms with E-state index in [1.807, 2.05) is 0 Å². The molecule has 38 heavy (non-hydrogen) atoms. The van der Waals surface area contributed by atoms with Gasteiger partial charge in [-0.05, 0) is 74.1 Å². The van der Waals surface area contributed by atoms with E-state index in [4.69, 9.17) is 0 Å². The quantitative estimate of drug-likeness (QED) is 0.134. The van der Waals surface area contributed by atoms with Gasteiger partial charge in [0, 0.05) is 13.1 Å². The standard InChI is InChI=1S/C36H60N2/c1-5-9-11-13-15-17-29-37(27-7-3)31-33-19-23-35(24-20-33)36-25-21-34(22-26-36)32-38(28-8-4)30-18-16-14-12-10-6-2/h19-26H,5-18,27-32H2,1-4H3. The van der Waals surface area contributed by atoms with Crippen LogP contribution in [-0.2, 0) is 13.1 Å². The van der Waals surface area contributed by atoms with Crippen LogP contribution in [0.4, 0.5) is 0 Å². The molecule has 0 atom stereocenters. The van der Waals surface area contributed by atoms with E-state index in [1.165, 1.54) is 138 Å². The van der Waals surface area contributed by atoms with Gasteiger partial charge in [0.1, 0.15) is 0 Å². The predicted molar refractivity (Wildman–Crippen MR) is 170 cm³/mol. The van der Waals surface area contributed by atoms with Crippen molar-refractivity contribution >= 4 is 0 Å². The summed E-state index contributed by atoms with van der Waals surface area (Å²) in [5.41, 5.74) is 5.54. The van der Waals surface area contributed by atoms with Crippen molar-refractivity contribution in [2.24, 2.45) is 0 Å². The normalized spacial score (nSPS) is 11.6. The number of rotatable bonds is 23. The summed E-state index contributed by atoms with van der Waals surface area (Å²) in [6.07, 6.45) is 19.0. The predicted octanol–water partition coefficient (Wildman–Crippen LogP) is 10.5. The van der Waals surface area contributed by atoms with Crippen molar-refractivity contribution in [3.63, 3.8) is 0 Å². The summed E-state index contributed by atoms with van der Waals surface area (Å²) in [6, 6.07) is 18.7. The summed E-state index contributed by atoms with van der Waals surface area (Å²) in [7, 11) is 0. The van der Waals surface area contributed by atoms with Crippen LogP contribution in [0.2, 0.25) is 0 Å². The van der Waals surface area contributed by atoms with Gasteiger partial charge in [0.05, 0.1) is 0 Å². The van der Waals surface area contributed by atoms with Crippen LogP contribution < -0.4 is 0 Å². The Morgan fingerprint density at radius 3 is 1.05 bits per heavy atom. The van der Waals surface area contributed by atoms with Gasteiger partial charge in [-0.2, -0.15) is 0 Å². The lowest BCUT2D eigenvalue weighted by atomic mass is 10.0. The van der Waals surface area contributed by atoms with E-state index in [0.717, 1.165) is 13.1 Å². The minimum atomic E-state index is 1.08. The minimum absolute atomic E-state index is 1.08. The van der Waals surface area contributed by atoms with Crippen LogP contribution in [0.25, 0.3) is 11.1 Å². The molecule has 0 amide bonds.